The maximum atomic E-state index is 12.6. The Kier molecular flexibility index (Phi) is 5.74. The summed E-state index contributed by atoms with van der Waals surface area (Å²) in [6, 6.07) is 10.3. The van der Waals surface area contributed by atoms with Crippen molar-refractivity contribution in [3.05, 3.63) is 47.3 Å². The van der Waals surface area contributed by atoms with Crippen LogP contribution < -0.4 is 0 Å². The van der Waals surface area contributed by atoms with Gasteiger partial charge in [-0.2, -0.15) is 5.10 Å². The monoisotopic (exact) mass is 423 g/mol. The molecule has 164 valence electrons. The van der Waals surface area contributed by atoms with Crippen LogP contribution in [0.1, 0.15) is 23.4 Å². The van der Waals surface area contributed by atoms with E-state index in [9.17, 15) is 9.59 Å². The minimum Gasteiger partial charge on any atom is -0.378 e. The summed E-state index contributed by atoms with van der Waals surface area (Å²) >= 11 is 0. The van der Waals surface area contributed by atoms with Gasteiger partial charge in [-0.1, -0.05) is 18.2 Å². The van der Waals surface area contributed by atoms with Gasteiger partial charge in [-0.05, 0) is 37.0 Å². The molecule has 1 aromatic heterocycles. The first-order chi connectivity index (χ1) is 15.2. The number of benzene rings is 1. The number of morpholine rings is 1. The van der Waals surface area contributed by atoms with Gasteiger partial charge in [-0.15, -0.1) is 0 Å². The van der Waals surface area contributed by atoms with Crippen LogP contribution in [0.4, 0.5) is 0 Å². The summed E-state index contributed by atoms with van der Waals surface area (Å²) in [6.45, 7) is 5.48. The highest BCUT2D eigenvalue weighted by molar-refractivity contribution is 6.34. The first-order valence-electron chi connectivity index (χ1n) is 11.2. The predicted octanol–water partition coefficient (Wildman–Crippen LogP) is 0.864. The molecular formula is C23H29N5O3. The highest BCUT2D eigenvalue weighted by Gasteiger charge is 2.31. The maximum absolute atomic E-state index is 12.6. The van der Waals surface area contributed by atoms with Crippen LogP contribution in [0.5, 0.6) is 0 Å². The number of hydrogen-bond acceptors (Lipinski definition) is 5. The molecule has 8 nitrogen and oxygen atoms in total. The topological polar surface area (TPSA) is 70.9 Å². The molecule has 2 fully saturated rings. The third-order valence-electron chi connectivity index (χ3n) is 6.53. The number of amides is 2. The molecule has 0 unspecified atom stereocenters. The summed E-state index contributed by atoms with van der Waals surface area (Å²) in [5.74, 6) is -0.771. The molecule has 2 aromatic rings. The Bertz CT molecular complexity index is 944. The van der Waals surface area contributed by atoms with Gasteiger partial charge in [-0.3, -0.25) is 14.5 Å². The molecule has 8 heteroatoms. The Hall–Kier alpha value is -2.71. The summed E-state index contributed by atoms with van der Waals surface area (Å²) in [7, 11) is 0. The van der Waals surface area contributed by atoms with Crippen molar-refractivity contribution in [2.75, 3.05) is 52.5 Å². The lowest BCUT2D eigenvalue weighted by Gasteiger charge is -2.35. The fourth-order valence-corrected chi connectivity index (χ4v) is 4.78. The Morgan fingerprint density at radius 3 is 2.26 bits per heavy atom. The highest BCUT2D eigenvalue weighted by Crippen LogP contribution is 2.28. The summed E-state index contributed by atoms with van der Waals surface area (Å²) in [5, 5.41) is 4.96. The fourth-order valence-electron chi connectivity index (χ4n) is 4.78. The molecule has 1 aromatic carbocycles. The van der Waals surface area contributed by atoms with E-state index in [1.54, 1.807) is 9.80 Å². The van der Waals surface area contributed by atoms with Crippen molar-refractivity contribution >= 4 is 11.8 Å². The van der Waals surface area contributed by atoms with Gasteiger partial charge in [0.15, 0.2) is 0 Å². The van der Waals surface area contributed by atoms with E-state index in [4.69, 9.17) is 9.84 Å². The minimum absolute atomic E-state index is 0.379. The molecule has 31 heavy (non-hydrogen) atoms. The van der Waals surface area contributed by atoms with Crippen LogP contribution in [0.2, 0.25) is 0 Å². The van der Waals surface area contributed by atoms with Gasteiger partial charge in [0, 0.05) is 51.5 Å². The van der Waals surface area contributed by atoms with Crippen molar-refractivity contribution in [3.63, 3.8) is 0 Å². The van der Waals surface area contributed by atoms with Gasteiger partial charge in [0.1, 0.15) is 0 Å². The molecule has 0 saturated carbocycles. The maximum Gasteiger partial charge on any atom is 0.312 e. The number of nitrogens with zero attached hydrogens (tertiary/aromatic N) is 5. The Morgan fingerprint density at radius 2 is 1.55 bits per heavy atom. The molecular weight excluding hydrogens is 394 g/mol. The number of piperazine rings is 1. The zero-order chi connectivity index (χ0) is 21.2. The van der Waals surface area contributed by atoms with Gasteiger partial charge in [0.25, 0.3) is 0 Å². The van der Waals surface area contributed by atoms with Crippen molar-refractivity contribution in [1.29, 1.82) is 0 Å². The number of carbonyl (C=O) groups excluding carboxylic acids is 2. The van der Waals surface area contributed by atoms with Crippen LogP contribution in [0.3, 0.4) is 0 Å². The lowest BCUT2D eigenvalue weighted by Crippen LogP contribution is -2.54. The Labute approximate surface area is 182 Å². The van der Waals surface area contributed by atoms with Gasteiger partial charge in [0.05, 0.1) is 24.6 Å². The minimum atomic E-state index is -0.392. The molecule has 1 aliphatic carbocycles. The van der Waals surface area contributed by atoms with Crippen LogP contribution in [0, 0.1) is 0 Å². The summed E-state index contributed by atoms with van der Waals surface area (Å²) in [4.78, 5) is 30.8. The van der Waals surface area contributed by atoms with Crippen LogP contribution in [-0.4, -0.2) is 88.8 Å². The summed E-state index contributed by atoms with van der Waals surface area (Å²) in [6.07, 6.45) is 3.34. The second-order valence-electron chi connectivity index (χ2n) is 8.45. The standard InChI is InChI=1S/C23H29N5O3/c29-22(23(30)27-13-15-31-16-14-27)26-11-9-25(10-12-26)17-20-19-7-4-8-21(19)28(24-20)18-5-2-1-3-6-18/h1-3,5-6H,4,7-17H2. The number of carbonyl (C=O) groups is 2. The number of fused-ring (bicyclic) bond motifs is 1. The number of rotatable bonds is 3. The summed E-state index contributed by atoms with van der Waals surface area (Å²) < 4.78 is 7.38. The average molecular weight is 424 g/mol. The van der Waals surface area contributed by atoms with Crippen LogP contribution in [0.25, 0.3) is 5.69 Å². The van der Waals surface area contributed by atoms with Crippen molar-refractivity contribution in [1.82, 2.24) is 24.5 Å². The molecule has 0 spiro atoms. The van der Waals surface area contributed by atoms with E-state index >= 15 is 0 Å². The van der Waals surface area contributed by atoms with E-state index in [-0.39, 0.29) is 5.91 Å². The fraction of sp³-hybridized carbons (Fsp3) is 0.522. The lowest BCUT2D eigenvalue weighted by molar-refractivity contribution is -0.155. The number of ether oxygens (including phenoxy) is 1. The summed E-state index contributed by atoms with van der Waals surface area (Å²) in [5.41, 5.74) is 5.00. The van der Waals surface area contributed by atoms with Gasteiger partial charge >= 0.3 is 11.8 Å². The van der Waals surface area contributed by atoms with Crippen molar-refractivity contribution in [3.8, 4) is 5.69 Å². The second kappa shape index (κ2) is 8.80. The molecule has 2 aliphatic heterocycles. The first kappa shape index (κ1) is 20.2. The van der Waals surface area contributed by atoms with Crippen LogP contribution in [-0.2, 0) is 33.7 Å². The third kappa shape index (κ3) is 4.09. The molecule has 0 N–H and O–H groups in total. The van der Waals surface area contributed by atoms with E-state index in [2.05, 4.69) is 21.7 Å². The van der Waals surface area contributed by atoms with Crippen molar-refractivity contribution in [2.45, 2.75) is 25.8 Å². The molecule has 0 radical (unpaired) electrons. The van der Waals surface area contributed by atoms with Gasteiger partial charge in [0.2, 0.25) is 0 Å². The smallest absolute Gasteiger partial charge is 0.312 e. The SMILES string of the molecule is O=C(C(=O)N1CCN(Cc2nn(-c3ccccc3)c3c2CCC3)CC1)N1CCOCC1. The third-order valence-corrected chi connectivity index (χ3v) is 6.53. The van der Waals surface area contributed by atoms with E-state index in [0.717, 1.165) is 43.9 Å². The van der Waals surface area contributed by atoms with Crippen molar-refractivity contribution in [2.24, 2.45) is 0 Å². The van der Waals surface area contributed by atoms with Gasteiger partial charge < -0.3 is 14.5 Å². The van der Waals surface area contributed by atoms with E-state index in [1.807, 2.05) is 18.2 Å². The van der Waals surface area contributed by atoms with Gasteiger partial charge in [-0.25, -0.2) is 4.68 Å². The normalized spacial score (nSPS) is 19.5. The quantitative estimate of drug-likeness (QED) is 0.685. The number of para-hydroxylation sites is 1. The molecule has 3 heterocycles. The Balaban J connectivity index is 1.21. The molecule has 0 atom stereocenters. The molecule has 5 rings (SSSR count). The van der Waals surface area contributed by atoms with E-state index in [1.165, 1.54) is 17.7 Å². The number of aromatic nitrogens is 2. The van der Waals surface area contributed by atoms with Crippen LogP contribution >= 0.6 is 0 Å². The zero-order valence-electron chi connectivity index (χ0n) is 17.8. The predicted molar refractivity (Wildman–Crippen MR) is 115 cm³/mol. The molecule has 2 saturated heterocycles. The van der Waals surface area contributed by atoms with E-state index in [0.29, 0.717) is 39.4 Å². The van der Waals surface area contributed by atoms with E-state index < -0.39 is 5.91 Å². The molecule has 2 amide bonds. The molecule has 0 bridgehead atoms. The van der Waals surface area contributed by atoms with Crippen LogP contribution in [0.15, 0.2) is 30.3 Å². The lowest BCUT2D eigenvalue weighted by atomic mass is 10.2. The first-order valence-corrected chi connectivity index (χ1v) is 11.2. The largest absolute Gasteiger partial charge is 0.378 e. The van der Waals surface area contributed by atoms with Crippen molar-refractivity contribution < 1.29 is 14.3 Å². The highest BCUT2D eigenvalue weighted by atomic mass is 16.5. The number of hydrogen-bond donors (Lipinski definition) is 0. The average Bonchev–Trinajstić information content (AvgIpc) is 3.44. The zero-order valence-corrected chi connectivity index (χ0v) is 17.8. The second-order valence-corrected chi connectivity index (χ2v) is 8.45. The molecule has 3 aliphatic rings. The Morgan fingerprint density at radius 1 is 0.871 bits per heavy atom.